The highest BCUT2D eigenvalue weighted by Crippen LogP contribution is 2.32. The van der Waals surface area contributed by atoms with Crippen molar-refractivity contribution >= 4 is 39.9 Å². The van der Waals surface area contributed by atoms with Crippen molar-refractivity contribution in [3.63, 3.8) is 0 Å². The second kappa shape index (κ2) is 7.94. The molecule has 3 heterocycles. The number of benzene rings is 2. The van der Waals surface area contributed by atoms with Crippen LogP contribution in [0, 0.1) is 0 Å². The molecule has 3 aromatic heterocycles. The molecule has 0 aliphatic heterocycles. The van der Waals surface area contributed by atoms with E-state index >= 15 is 0 Å². The zero-order valence-corrected chi connectivity index (χ0v) is 17.4. The third kappa shape index (κ3) is 3.58. The van der Waals surface area contributed by atoms with Crippen LogP contribution in [0.2, 0.25) is 10.2 Å². The summed E-state index contributed by atoms with van der Waals surface area (Å²) in [7, 11) is 0. The van der Waals surface area contributed by atoms with Crippen molar-refractivity contribution in [2.24, 2.45) is 0 Å². The zero-order chi connectivity index (χ0) is 21.4. The number of nitrogens with zero attached hydrogens (tertiary/aromatic N) is 5. The van der Waals surface area contributed by atoms with Crippen LogP contribution in [0.5, 0.6) is 0 Å². The second-order valence-corrected chi connectivity index (χ2v) is 7.54. The Morgan fingerprint density at radius 3 is 2.61 bits per heavy atom. The van der Waals surface area contributed by atoms with Crippen LogP contribution in [0.25, 0.3) is 22.5 Å². The molecule has 0 aliphatic rings. The minimum absolute atomic E-state index is 0.0927. The number of carbonyl (C=O) groups excluding carboxylic acids is 1. The molecule has 7 nitrogen and oxygen atoms in total. The van der Waals surface area contributed by atoms with E-state index in [2.05, 4.69) is 20.1 Å². The standard InChI is InChI=1S/C22H13Cl2N5O2/c23-14-7-5-13(6-8-14)11-29-17-4-2-1-3-15(17)18(20(29)24)19(30)21-27-22(31-28-21)16-9-10-25-12-26-16/h1-10,12H,11H2. The Balaban J connectivity index is 1.57. The molecule has 0 amide bonds. The van der Waals surface area contributed by atoms with Crippen LogP contribution < -0.4 is 0 Å². The van der Waals surface area contributed by atoms with E-state index in [0.29, 0.717) is 33.4 Å². The predicted octanol–water partition coefficient (Wildman–Crippen LogP) is 5.07. The van der Waals surface area contributed by atoms with E-state index < -0.39 is 5.78 Å². The molecule has 0 saturated heterocycles. The number of hydrogen-bond acceptors (Lipinski definition) is 6. The summed E-state index contributed by atoms with van der Waals surface area (Å²) in [5.74, 6) is -0.392. The Kier molecular flexibility index (Phi) is 4.97. The maximum atomic E-state index is 13.3. The Morgan fingerprint density at radius 2 is 1.84 bits per heavy atom. The highest BCUT2D eigenvalue weighted by molar-refractivity contribution is 6.36. The van der Waals surface area contributed by atoms with Crippen molar-refractivity contribution in [1.82, 2.24) is 24.7 Å². The number of halogens is 2. The van der Waals surface area contributed by atoms with Crippen molar-refractivity contribution in [2.75, 3.05) is 0 Å². The fourth-order valence-electron chi connectivity index (χ4n) is 3.36. The van der Waals surface area contributed by atoms with Gasteiger partial charge in [-0.05, 0) is 29.8 Å². The maximum Gasteiger partial charge on any atom is 0.277 e. The molecule has 5 aromatic rings. The molecular formula is C22H13Cl2N5O2. The Labute approximate surface area is 186 Å². The number of para-hydroxylation sites is 1. The second-order valence-electron chi connectivity index (χ2n) is 6.74. The monoisotopic (exact) mass is 449 g/mol. The zero-order valence-electron chi connectivity index (χ0n) is 15.9. The van der Waals surface area contributed by atoms with Gasteiger partial charge in [-0.25, -0.2) is 9.97 Å². The third-order valence-electron chi connectivity index (χ3n) is 4.82. The van der Waals surface area contributed by atoms with Crippen LogP contribution >= 0.6 is 23.2 Å². The minimum atomic E-state index is -0.430. The molecule has 0 bridgehead atoms. The fourth-order valence-corrected chi connectivity index (χ4v) is 3.83. The van der Waals surface area contributed by atoms with Gasteiger partial charge >= 0.3 is 0 Å². The van der Waals surface area contributed by atoms with E-state index in [1.54, 1.807) is 12.3 Å². The van der Waals surface area contributed by atoms with E-state index in [9.17, 15) is 4.79 Å². The van der Waals surface area contributed by atoms with Crippen LogP contribution in [0.1, 0.15) is 21.7 Å². The maximum absolute atomic E-state index is 13.3. The minimum Gasteiger partial charge on any atom is -0.332 e. The molecule has 0 saturated carbocycles. The van der Waals surface area contributed by atoms with Crippen LogP contribution in [-0.2, 0) is 6.54 Å². The van der Waals surface area contributed by atoms with Gasteiger partial charge in [-0.15, -0.1) is 0 Å². The number of rotatable bonds is 5. The summed E-state index contributed by atoms with van der Waals surface area (Å²) in [4.78, 5) is 25.4. The third-order valence-corrected chi connectivity index (χ3v) is 5.46. The number of hydrogen-bond donors (Lipinski definition) is 0. The summed E-state index contributed by atoms with van der Waals surface area (Å²) in [5.41, 5.74) is 2.57. The summed E-state index contributed by atoms with van der Waals surface area (Å²) in [6, 6.07) is 16.6. The summed E-state index contributed by atoms with van der Waals surface area (Å²) >= 11 is 12.7. The van der Waals surface area contributed by atoms with Gasteiger partial charge in [-0.3, -0.25) is 4.79 Å². The van der Waals surface area contributed by atoms with Gasteiger partial charge in [0.05, 0.1) is 11.1 Å². The van der Waals surface area contributed by atoms with Gasteiger partial charge in [-0.1, -0.05) is 58.7 Å². The van der Waals surface area contributed by atoms with E-state index in [0.717, 1.165) is 11.1 Å². The van der Waals surface area contributed by atoms with Gasteiger partial charge in [0.1, 0.15) is 17.2 Å². The van der Waals surface area contributed by atoms with Gasteiger partial charge in [0, 0.05) is 23.2 Å². The first kappa shape index (κ1) is 19.4. The lowest BCUT2D eigenvalue weighted by molar-refractivity contribution is 0.102. The summed E-state index contributed by atoms with van der Waals surface area (Å²) in [6.07, 6.45) is 2.91. The van der Waals surface area contributed by atoms with Gasteiger partial charge in [-0.2, -0.15) is 4.98 Å². The average Bonchev–Trinajstić information content (AvgIpc) is 3.40. The molecule has 2 aromatic carbocycles. The first-order valence-electron chi connectivity index (χ1n) is 9.28. The van der Waals surface area contributed by atoms with Gasteiger partial charge in [0.15, 0.2) is 0 Å². The van der Waals surface area contributed by atoms with E-state index in [1.807, 2.05) is 53.1 Å². The molecule has 0 spiro atoms. The first-order chi connectivity index (χ1) is 15.1. The number of carbonyl (C=O) groups is 1. The van der Waals surface area contributed by atoms with Crippen molar-refractivity contribution in [2.45, 2.75) is 6.54 Å². The van der Waals surface area contributed by atoms with Gasteiger partial charge < -0.3 is 9.09 Å². The Morgan fingerprint density at radius 1 is 1.03 bits per heavy atom. The lowest BCUT2D eigenvalue weighted by Gasteiger charge is -2.07. The topological polar surface area (TPSA) is 86.7 Å². The Bertz CT molecular complexity index is 1390. The predicted molar refractivity (Wildman–Crippen MR) is 116 cm³/mol. The van der Waals surface area contributed by atoms with E-state index in [4.69, 9.17) is 27.7 Å². The summed E-state index contributed by atoms with van der Waals surface area (Å²) in [5, 5.41) is 5.50. The SMILES string of the molecule is O=C(c1noc(-c2ccncn2)n1)c1c(Cl)n(Cc2ccc(Cl)cc2)c2ccccc12. The molecule has 0 fully saturated rings. The highest BCUT2D eigenvalue weighted by Gasteiger charge is 2.26. The normalized spacial score (nSPS) is 11.2. The number of ketones is 1. The van der Waals surface area contributed by atoms with E-state index in [-0.39, 0.29) is 11.7 Å². The molecule has 0 unspecified atom stereocenters. The van der Waals surface area contributed by atoms with Crippen molar-refractivity contribution < 1.29 is 9.32 Å². The van der Waals surface area contributed by atoms with Crippen molar-refractivity contribution in [3.8, 4) is 11.6 Å². The molecule has 31 heavy (non-hydrogen) atoms. The lowest BCUT2D eigenvalue weighted by Crippen LogP contribution is -2.05. The number of aromatic nitrogens is 5. The van der Waals surface area contributed by atoms with E-state index in [1.165, 1.54) is 6.33 Å². The highest BCUT2D eigenvalue weighted by atomic mass is 35.5. The van der Waals surface area contributed by atoms with Crippen molar-refractivity contribution in [3.05, 3.63) is 94.2 Å². The van der Waals surface area contributed by atoms with Crippen molar-refractivity contribution in [1.29, 1.82) is 0 Å². The van der Waals surface area contributed by atoms with Crippen LogP contribution in [0.4, 0.5) is 0 Å². The lowest BCUT2D eigenvalue weighted by atomic mass is 10.1. The molecule has 0 aliphatic carbocycles. The largest absolute Gasteiger partial charge is 0.332 e. The van der Waals surface area contributed by atoms with Crippen LogP contribution in [0.15, 0.2) is 71.6 Å². The molecule has 152 valence electrons. The molecule has 0 radical (unpaired) electrons. The first-order valence-corrected chi connectivity index (χ1v) is 10.0. The molecule has 9 heteroatoms. The average molecular weight is 450 g/mol. The van der Waals surface area contributed by atoms with Crippen LogP contribution in [0.3, 0.4) is 0 Å². The fraction of sp³-hybridized carbons (Fsp3) is 0.0455. The van der Waals surface area contributed by atoms with Gasteiger partial charge in [0.25, 0.3) is 5.89 Å². The molecule has 5 rings (SSSR count). The smallest absolute Gasteiger partial charge is 0.277 e. The molecule has 0 atom stereocenters. The molecule has 0 N–H and O–H groups in total. The van der Waals surface area contributed by atoms with Gasteiger partial charge in [0.2, 0.25) is 11.6 Å². The molecular weight excluding hydrogens is 437 g/mol. The summed E-state index contributed by atoms with van der Waals surface area (Å²) in [6.45, 7) is 0.474. The Hall–Kier alpha value is -3.55. The summed E-state index contributed by atoms with van der Waals surface area (Å²) < 4.78 is 7.10. The quantitative estimate of drug-likeness (QED) is 0.348. The number of fused-ring (bicyclic) bond motifs is 1. The van der Waals surface area contributed by atoms with Crippen LogP contribution in [-0.4, -0.2) is 30.5 Å².